The quantitative estimate of drug-likeness (QED) is 0.800. The van der Waals surface area contributed by atoms with Gasteiger partial charge in [0.25, 0.3) is 0 Å². The highest BCUT2D eigenvalue weighted by molar-refractivity contribution is 7.99. The summed E-state index contributed by atoms with van der Waals surface area (Å²) in [7, 11) is 0. The predicted octanol–water partition coefficient (Wildman–Crippen LogP) is 4.78. The molecule has 2 nitrogen and oxygen atoms in total. The number of benzene rings is 1. The van der Waals surface area contributed by atoms with Gasteiger partial charge in [-0.25, -0.2) is 4.98 Å². The van der Waals surface area contributed by atoms with E-state index in [9.17, 15) is 13.2 Å². The molecule has 0 saturated heterocycles. The largest absolute Gasteiger partial charge is 0.417 e. The van der Waals surface area contributed by atoms with Gasteiger partial charge >= 0.3 is 6.18 Å². The highest BCUT2D eigenvalue weighted by Gasteiger charge is 2.30. The maximum absolute atomic E-state index is 12.4. The summed E-state index contributed by atoms with van der Waals surface area (Å²) in [4.78, 5) is 4.44. The number of alkyl halides is 3. The van der Waals surface area contributed by atoms with E-state index in [1.807, 2.05) is 6.07 Å². The van der Waals surface area contributed by atoms with Gasteiger partial charge in [-0.05, 0) is 30.3 Å². The van der Waals surface area contributed by atoms with Crippen molar-refractivity contribution in [2.75, 3.05) is 0 Å². The van der Waals surface area contributed by atoms with Crippen LogP contribution in [0.5, 0.6) is 0 Å². The minimum Gasteiger partial charge on any atom is -0.249 e. The molecule has 0 aliphatic rings. The third-order valence-corrected chi connectivity index (χ3v) is 3.60. The van der Waals surface area contributed by atoms with E-state index in [0.29, 0.717) is 20.5 Å². The molecular formula is C13H6ClF3N2S. The fourth-order valence-corrected chi connectivity index (χ4v) is 2.46. The molecule has 0 N–H and O–H groups in total. The maximum Gasteiger partial charge on any atom is 0.417 e. The molecule has 102 valence electrons. The van der Waals surface area contributed by atoms with E-state index in [1.165, 1.54) is 17.8 Å². The summed E-state index contributed by atoms with van der Waals surface area (Å²) in [6.45, 7) is 0. The highest BCUT2D eigenvalue weighted by Crippen LogP contribution is 2.32. The molecule has 1 aromatic heterocycles. The average molecular weight is 315 g/mol. The van der Waals surface area contributed by atoms with Gasteiger partial charge in [0.15, 0.2) is 0 Å². The number of aromatic nitrogens is 1. The van der Waals surface area contributed by atoms with Crippen LogP contribution in [-0.2, 0) is 6.18 Å². The van der Waals surface area contributed by atoms with Crippen LogP contribution >= 0.6 is 23.4 Å². The van der Waals surface area contributed by atoms with Crippen molar-refractivity contribution in [3.05, 3.63) is 52.7 Å². The molecule has 0 spiro atoms. The molecule has 0 aliphatic heterocycles. The number of pyridine rings is 1. The van der Waals surface area contributed by atoms with Crippen LogP contribution in [0.2, 0.25) is 5.02 Å². The van der Waals surface area contributed by atoms with Gasteiger partial charge in [0, 0.05) is 11.1 Å². The van der Waals surface area contributed by atoms with Crippen LogP contribution in [0.1, 0.15) is 11.1 Å². The summed E-state index contributed by atoms with van der Waals surface area (Å²) in [5, 5.41) is 9.46. The number of nitriles is 1. The second kappa shape index (κ2) is 5.73. The Morgan fingerprint density at radius 1 is 1.20 bits per heavy atom. The average Bonchev–Trinajstić information content (AvgIpc) is 2.38. The van der Waals surface area contributed by atoms with Crippen LogP contribution < -0.4 is 0 Å². The number of rotatable bonds is 2. The third kappa shape index (κ3) is 3.44. The molecule has 0 unspecified atom stereocenters. The minimum atomic E-state index is -4.39. The summed E-state index contributed by atoms with van der Waals surface area (Å²) in [5.74, 6) is 0. The van der Waals surface area contributed by atoms with Crippen LogP contribution in [0.15, 0.2) is 46.5 Å². The molecule has 0 fully saturated rings. The minimum absolute atomic E-state index is 0.296. The Morgan fingerprint density at radius 2 is 1.95 bits per heavy atom. The lowest BCUT2D eigenvalue weighted by molar-refractivity contribution is -0.137. The van der Waals surface area contributed by atoms with E-state index >= 15 is 0 Å². The van der Waals surface area contributed by atoms with Crippen LogP contribution in [0, 0.1) is 11.3 Å². The van der Waals surface area contributed by atoms with Gasteiger partial charge < -0.3 is 0 Å². The fourth-order valence-electron chi connectivity index (χ4n) is 1.38. The number of nitrogens with zero attached hydrogens (tertiary/aromatic N) is 2. The molecule has 7 heteroatoms. The summed E-state index contributed by atoms with van der Waals surface area (Å²) in [6.07, 6.45) is -3.61. The van der Waals surface area contributed by atoms with Crippen molar-refractivity contribution in [2.24, 2.45) is 0 Å². The first-order valence-corrected chi connectivity index (χ1v) is 6.50. The Bertz CT molecular complexity index is 663. The van der Waals surface area contributed by atoms with Crippen LogP contribution in [0.25, 0.3) is 0 Å². The van der Waals surface area contributed by atoms with Crippen molar-refractivity contribution in [3.63, 3.8) is 0 Å². The lowest BCUT2D eigenvalue weighted by Gasteiger charge is -2.07. The Kier molecular flexibility index (Phi) is 4.21. The maximum atomic E-state index is 12.4. The second-order valence-corrected chi connectivity index (χ2v) is 5.24. The predicted molar refractivity (Wildman–Crippen MR) is 69.5 cm³/mol. The number of hydrogen-bond acceptors (Lipinski definition) is 3. The first-order chi connectivity index (χ1) is 9.40. The Labute approximate surface area is 122 Å². The summed E-state index contributed by atoms with van der Waals surface area (Å²) >= 11 is 7.04. The monoisotopic (exact) mass is 314 g/mol. The lowest BCUT2D eigenvalue weighted by Crippen LogP contribution is -2.04. The molecule has 0 atom stereocenters. The smallest absolute Gasteiger partial charge is 0.249 e. The Morgan fingerprint density at radius 3 is 2.45 bits per heavy atom. The lowest BCUT2D eigenvalue weighted by atomic mass is 10.2. The second-order valence-electron chi connectivity index (χ2n) is 3.74. The van der Waals surface area contributed by atoms with Crippen molar-refractivity contribution >= 4 is 23.4 Å². The first kappa shape index (κ1) is 14.7. The molecular weight excluding hydrogens is 309 g/mol. The van der Waals surface area contributed by atoms with Gasteiger partial charge in [-0.2, -0.15) is 18.4 Å². The molecule has 0 aliphatic carbocycles. The normalized spacial score (nSPS) is 11.2. The summed E-state index contributed by atoms with van der Waals surface area (Å²) in [6, 6.07) is 8.98. The van der Waals surface area contributed by atoms with E-state index in [-0.39, 0.29) is 0 Å². The molecule has 0 saturated carbocycles. The van der Waals surface area contributed by atoms with Crippen LogP contribution in [-0.4, -0.2) is 4.98 Å². The molecule has 1 heterocycles. The molecule has 2 aromatic rings. The van der Waals surface area contributed by atoms with E-state index < -0.39 is 11.7 Å². The standard InChI is InChI=1S/C13H6ClF3N2S/c14-11-5-10(3-1-8(11)6-18)20-12-4-2-9(7-19-12)13(15,16)17/h1-5,7H. The molecule has 1 aromatic carbocycles. The van der Waals surface area contributed by atoms with E-state index in [4.69, 9.17) is 16.9 Å². The van der Waals surface area contributed by atoms with Gasteiger partial charge in [0.1, 0.15) is 11.1 Å². The van der Waals surface area contributed by atoms with Gasteiger partial charge in [0.05, 0.1) is 16.1 Å². The zero-order chi connectivity index (χ0) is 14.8. The van der Waals surface area contributed by atoms with Crippen molar-refractivity contribution in [1.29, 1.82) is 5.26 Å². The van der Waals surface area contributed by atoms with Gasteiger partial charge in [0.2, 0.25) is 0 Å². The third-order valence-electron chi connectivity index (χ3n) is 2.35. The van der Waals surface area contributed by atoms with Crippen LogP contribution in [0.4, 0.5) is 13.2 Å². The van der Waals surface area contributed by atoms with Gasteiger partial charge in [-0.1, -0.05) is 23.4 Å². The van der Waals surface area contributed by atoms with E-state index in [0.717, 1.165) is 12.3 Å². The Balaban J connectivity index is 2.19. The number of halogens is 4. The van der Waals surface area contributed by atoms with Crippen molar-refractivity contribution < 1.29 is 13.2 Å². The zero-order valence-electron chi connectivity index (χ0n) is 9.78. The molecule has 0 radical (unpaired) electrons. The van der Waals surface area contributed by atoms with E-state index in [2.05, 4.69) is 4.98 Å². The SMILES string of the molecule is N#Cc1ccc(Sc2ccc(C(F)(F)F)cn2)cc1Cl. The molecule has 2 rings (SSSR count). The van der Waals surface area contributed by atoms with Gasteiger partial charge in [-0.15, -0.1) is 0 Å². The van der Waals surface area contributed by atoms with E-state index in [1.54, 1.807) is 18.2 Å². The summed E-state index contributed by atoms with van der Waals surface area (Å²) in [5.41, 5.74) is -0.448. The highest BCUT2D eigenvalue weighted by atomic mass is 35.5. The van der Waals surface area contributed by atoms with Crippen molar-refractivity contribution in [1.82, 2.24) is 4.98 Å². The van der Waals surface area contributed by atoms with Crippen molar-refractivity contribution in [3.8, 4) is 6.07 Å². The summed E-state index contributed by atoms with van der Waals surface area (Å²) < 4.78 is 37.2. The first-order valence-electron chi connectivity index (χ1n) is 5.31. The molecule has 0 amide bonds. The zero-order valence-corrected chi connectivity index (χ0v) is 11.4. The fraction of sp³-hybridized carbons (Fsp3) is 0.0769. The van der Waals surface area contributed by atoms with Crippen LogP contribution in [0.3, 0.4) is 0 Å². The topological polar surface area (TPSA) is 36.7 Å². The molecule has 20 heavy (non-hydrogen) atoms. The Hall–Kier alpha value is -1.71. The van der Waals surface area contributed by atoms with Gasteiger partial charge in [-0.3, -0.25) is 0 Å². The number of hydrogen-bond donors (Lipinski definition) is 0. The molecule has 0 bridgehead atoms. The van der Waals surface area contributed by atoms with Crippen molar-refractivity contribution in [2.45, 2.75) is 16.1 Å².